The van der Waals surface area contributed by atoms with E-state index in [2.05, 4.69) is 11.4 Å². The van der Waals surface area contributed by atoms with E-state index in [1.807, 2.05) is 12.1 Å². The Kier molecular flexibility index (Phi) is 4.46. The Labute approximate surface area is 109 Å². The van der Waals surface area contributed by atoms with Crippen molar-refractivity contribution in [3.63, 3.8) is 0 Å². The van der Waals surface area contributed by atoms with Crippen LogP contribution in [0.25, 0.3) is 0 Å². The first-order chi connectivity index (χ1) is 8.81. The summed E-state index contributed by atoms with van der Waals surface area (Å²) < 4.78 is 0. The number of benzene rings is 1. The minimum Gasteiger partial charge on any atom is -0.396 e. The predicted octanol–water partition coefficient (Wildman–Crippen LogP) is 3.52. The lowest BCUT2D eigenvalue weighted by molar-refractivity contribution is 0.345. The molecule has 0 aromatic heterocycles. The first-order valence-electron chi connectivity index (χ1n) is 6.83. The topological polar surface area (TPSA) is 61.8 Å². The van der Waals surface area contributed by atoms with E-state index >= 15 is 0 Å². The smallest absolute Gasteiger partial charge is 0.101 e. The summed E-state index contributed by atoms with van der Waals surface area (Å²) in [5.74, 6) is 0.867. The van der Waals surface area contributed by atoms with Gasteiger partial charge in [-0.1, -0.05) is 38.2 Å². The third kappa shape index (κ3) is 3.16. The van der Waals surface area contributed by atoms with Gasteiger partial charge in [0, 0.05) is 6.54 Å². The van der Waals surface area contributed by atoms with Crippen molar-refractivity contribution in [1.29, 1.82) is 5.26 Å². The largest absolute Gasteiger partial charge is 0.396 e. The number of nitrogens with one attached hydrogen (secondary N) is 1. The SMILES string of the molecule is N#Cc1cccc(NCCC2CCCCC2)c1N. The molecular weight excluding hydrogens is 222 g/mol. The van der Waals surface area contributed by atoms with Gasteiger partial charge in [-0.2, -0.15) is 5.26 Å². The van der Waals surface area contributed by atoms with Crippen LogP contribution in [0, 0.1) is 17.2 Å². The number of nitrogens with zero attached hydrogens (tertiary/aromatic N) is 1. The van der Waals surface area contributed by atoms with E-state index in [1.54, 1.807) is 6.07 Å². The summed E-state index contributed by atoms with van der Waals surface area (Å²) in [6.07, 6.45) is 8.12. The van der Waals surface area contributed by atoms with Crippen molar-refractivity contribution in [3.05, 3.63) is 23.8 Å². The highest BCUT2D eigenvalue weighted by molar-refractivity contribution is 5.72. The normalized spacial score (nSPS) is 16.2. The van der Waals surface area contributed by atoms with Gasteiger partial charge < -0.3 is 11.1 Å². The van der Waals surface area contributed by atoms with E-state index in [0.29, 0.717) is 11.3 Å². The Bertz CT molecular complexity index is 428. The summed E-state index contributed by atoms with van der Waals surface area (Å²) in [4.78, 5) is 0. The Morgan fingerprint density at radius 2 is 2.06 bits per heavy atom. The highest BCUT2D eigenvalue weighted by Gasteiger charge is 2.13. The maximum Gasteiger partial charge on any atom is 0.101 e. The second-order valence-corrected chi connectivity index (χ2v) is 5.10. The summed E-state index contributed by atoms with van der Waals surface area (Å²) in [6, 6.07) is 7.68. The Morgan fingerprint density at radius 3 is 2.78 bits per heavy atom. The minimum atomic E-state index is 0.553. The van der Waals surface area contributed by atoms with E-state index in [4.69, 9.17) is 11.0 Å². The molecule has 0 unspecified atom stereocenters. The van der Waals surface area contributed by atoms with Crippen LogP contribution in [-0.2, 0) is 0 Å². The number of hydrogen-bond donors (Lipinski definition) is 2. The van der Waals surface area contributed by atoms with Crippen molar-refractivity contribution in [2.24, 2.45) is 5.92 Å². The molecule has 0 spiro atoms. The number of nitrogen functional groups attached to an aromatic ring is 1. The molecule has 0 bridgehead atoms. The summed E-state index contributed by atoms with van der Waals surface area (Å²) in [5.41, 5.74) is 7.95. The summed E-state index contributed by atoms with van der Waals surface area (Å²) >= 11 is 0. The standard InChI is InChI=1S/C15H21N3/c16-11-13-7-4-8-14(15(13)17)18-10-9-12-5-2-1-3-6-12/h4,7-8,12,18H,1-3,5-6,9-10,17H2. The molecule has 0 amide bonds. The molecule has 0 atom stereocenters. The highest BCUT2D eigenvalue weighted by atomic mass is 14.9. The lowest BCUT2D eigenvalue weighted by Crippen LogP contribution is -2.13. The number of hydrogen-bond acceptors (Lipinski definition) is 3. The molecule has 1 fully saturated rings. The Balaban J connectivity index is 1.84. The quantitative estimate of drug-likeness (QED) is 0.795. The fourth-order valence-corrected chi connectivity index (χ4v) is 2.70. The average molecular weight is 243 g/mol. The van der Waals surface area contributed by atoms with Crippen molar-refractivity contribution < 1.29 is 0 Å². The molecule has 18 heavy (non-hydrogen) atoms. The molecule has 1 saturated carbocycles. The van der Waals surface area contributed by atoms with Crippen LogP contribution in [0.4, 0.5) is 11.4 Å². The molecule has 3 N–H and O–H groups in total. The van der Waals surface area contributed by atoms with Gasteiger partial charge in [0.25, 0.3) is 0 Å². The van der Waals surface area contributed by atoms with Gasteiger partial charge in [-0.15, -0.1) is 0 Å². The minimum absolute atomic E-state index is 0.553. The average Bonchev–Trinajstić information content (AvgIpc) is 2.42. The zero-order valence-corrected chi connectivity index (χ0v) is 10.8. The number of nitrogens with two attached hydrogens (primary N) is 1. The van der Waals surface area contributed by atoms with Gasteiger partial charge in [0.2, 0.25) is 0 Å². The molecule has 3 nitrogen and oxygen atoms in total. The van der Waals surface area contributed by atoms with Crippen LogP contribution in [-0.4, -0.2) is 6.54 Å². The van der Waals surface area contributed by atoms with Crippen LogP contribution in [0.5, 0.6) is 0 Å². The maximum absolute atomic E-state index is 8.91. The molecule has 1 aromatic rings. The predicted molar refractivity (Wildman–Crippen MR) is 75.3 cm³/mol. The van der Waals surface area contributed by atoms with Gasteiger partial charge in [0.1, 0.15) is 6.07 Å². The lowest BCUT2D eigenvalue weighted by Gasteiger charge is -2.21. The fraction of sp³-hybridized carbons (Fsp3) is 0.533. The van der Waals surface area contributed by atoms with Crippen molar-refractivity contribution in [3.8, 4) is 6.07 Å². The van der Waals surface area contributed by atoms with Crippen LogP contribution in [0.1, 0.15) is 44.1 Å². The third-order valence-corrected chi connectivity index (χ3v) is 3.82. The first kappa shape index (κ1) is 12.8. The van der Waals surface area contributed by atoms with Crippen molar-refractivity contribution >= 4 is 11.4 Å². The van der Waals surface area contributed by atoms with Crippen LogP contribution < -0.4 is 11.1 Å². The van der Waals surface area contributed by atoms with Crippen molar-refractivity contribution in [2.45, 2.75) is 38.5 Å². The second kappa shape index (κ2) is 6.30. The van der Waals surface area contributed by atoms with Crippen LogP contribution in [0.3, 0.4) is 0 Å². The van der Waals surface area contributed by atoms with Gasteiger partial charge in [-0.3, -0.25) is 0 Å². The zero-order valence-electron chi connectivity index (χ0n) is 10.8. The number of rotatable bonds is 4. The van der Waals surface area contributed by atoms with Crippen molar-refractivity contribution in [2.75, 3.05) is 17.6 Å². The van der Waals surface area contributed by atoms with E-state index in [9.17, 15) is 0 Å². The lowest BCUT2D eigenvalue weighted by atomic mass is 9.87. The zero-order chi connectivity index (χ0) is 12.8. The maximum atomic E-state index is 8.91. The molecule has 0 saturated heterocycles. The van der Waals surface area contributed by atoms with Crippen LogP contribution in [0.2, 0.25) is 0 Å². The summed E-state index contributed by atoms with van der Waals surface area (Å²) in [6.45, 7) is 0.948. The van der Waals surface area contributed by atoms with Crippen LogP contribution in [0.15, 0.2) is 18.2 Å². The molecule has 3 heteroatoms. The second-order valence-electron chi connectivity index (χ2n) is 5.10. The van der Waals surface area contributed by atoms with Gasteiger partial charge in [-0.25, -0.2) is 0 Å². The van der Waals surface area contributed by atoms with Gasteiger partial charge in [0.05, 0.1) is 16.9 Å². The van der Waals surface area contributed by atoms with E-state index in [1.165, 1.54) is 38.5 Å². The van der Waals surface area contributed by atoms with E-state index in [0.717, 1.165) is 18.2 Å². The highest BCUT2D eigenvalue weighted by Crippen LogP contribution is 2.27. The van der Waals surface area contributed by atoms with Crippen LogP contribution >= 0.6 is 0 Å². The fourth-order valence-electron chi connectivity index (χ4n) is 2.70. The van der Waals surface area contributed by atoms with Gasteiger partial charge in [-0.05, 0) is 24.5 Å². The summed E-state index contributed by atoms with van der Waals surface area (Å²) in [5, 5.41) is 12.3. The molecule has 0 heterocycles. The molecule has 1 aliphatic rings. The number of nitriles is 1. The third-order valence-electron chi connectivity index (χ3n) is 3.82. The van der Waals surface area contributed by atoms with Crippen molar-refractivity contribution in [1.82, 2.24) is 0 Å². The summed E-state index contributed by atoms with van der Waals surface area (Å²) in [7, 11) is 0. The molecule has 1 aromatic carbocycles. The molecule has 2 rings (SSSR count). The molecule has 0 aliphatic heterocycles. The molecule has 1 aliphatic carbocycles. The van der Waals surface area contributed by atoms with E-state index < -0.39 is 0 Å². The molecule has 0 radical (unpaired) electrons. The van der Waals surface area contributed by atoms with E-state index in [-0.39, 0.29) is 0 Å². The number of para-hydroxylation sites is 1. The molecular formula is C15H21N3. The Hall–Kier alpha value is -1.69. The van der Waals surface area contributed by atoms with Gasteiger partial charge in [0.15, 0.2) is 0 Å². The number of anilines is 2. The van der Waals surface area contributed by atoms with Gasteiger partial charge >= 0.3 is 0 Å². The monoisotopic (exact) mass is 243 g/mol. The molecule has 96 valence electrons. The first-order valence-corrected chi connectivity index (χ1v) is 6.83. The Morgan fingerprint density at radius 1 is 1.28 bits per heavy atom.